The molecule has 0 fully saturated rings. The maximum Gasteiger partial charge on any atom is 0.257 e. The number of aliphatic imine (C=N–C) groups is 1. The Morgan fingerprint density at radius 1 is 0.915 bits per heavy atom. The van der Waals surface area contributed by atoms with E-state index >= 15 is 0 Å². The molecule has 0 bridgehead atoms. The number of amides is 2. The fraction of sp³-hybridized carbons (Fsp3) is 0.357. The summed E-state index contributed by atoms with van der Waals surface area (Å²) in [6, 6.07) is 15.8. The molecule has 4 heterocycles. The van der Waals surface area contributed by atoms with Gasteiger partial charge in [0.15, 0.2) is 5.82 Å². The number of carbonyl (C=O) groups excluding carboxylic acids is 3. The van der Waals surface area contributed by atoms with Crippen molar-refractivity contribution < 1.29 is 28.6 Å². The summed E-state index contributed by atoms with van der Waals surface area (Å²) in [4.78, 5) is 47.5. The monoisotopic (exact) mass is 841 g/mol. The molecule has 310 valence electrons. The Labute approximate surface area is 351 Å². The second kappa shape index (κ2) is 20.9. The number of hydrogen-bond donors (Lipinski definition) is 4. The second-order valence-electron chi connectivity index (χ2n) is 13.6. The van der Waals surface area contributed by atoms with Crippen LogP contribution in [0.2, 0.25) is 5.02 Å². The van der Waals surface area contributed by atoms with Gasteiger partial charge in [-0.3, -0.25) is 19.1 Å². The number of carbonyl (C=O) groups is 3. The zero-order valence-corrected chi connectivity index (χ0v) is 35.0. The maximum absolute atomic E-state index is 13.2. The fourth-order valence-electron chi connectivity index (χ4n) is 6.45. The smallest absolute Gasteiger partial charge is 0.257 e. The Hall–Kier alpha value is -5.52. The SMILES string of the molecule is CNc1ccc(NC(=O)c2ccc(NCCOCCOCCOCCNC(=O)CC3N=C(c4ccc(Cl)cc4)c4c(sc(C)c4C)-n4c(C)nnc43)nc2)cc1CC=O. The number of benzene rings is 2. The van der Waals surface area contributed by atoms with Crippen LogP contribution in [0.1, 0.15) is 61.6 Å². The van der Waals surface area contributed by atoms with Crippen LogP contribution in [-0.2, 0) is 30.2 Å². The lowest BCUT2D eigenvalue weighted by Gasteiger charge is -2.13. The van der Waals surface area contributed by atoms with Gasteiger partial charge in [0.25, 0.3) is 5.91 Å². The molecule has 1 atom stereocenters. The van der Waals surface area contributed by atoms with E-state index < -0.39 is 6.04 Å². The average Bonchev–Trinajstić information content (AvgIpc) is 3.71. The fourth-order valence-corrected chi connectivity index (χ4v) is 7.79. The van der Waals surface area contributed by atoms with E-state index in [2.05, 4.69) is 50.3 Å². The predicted molar refractivity (Wildman–Crippen MR) is 230 cm³/mol. The Morgan fingerprint density at radius 2 is 1.64 bits per heavy atom. The number of nitrogens with zero attached hydrogens (tertiary/aromatic N) is 5. The number of anilines is 3. The van der Waals surface area contributed by atoms with E-state index in [-0.39, 0.29) is 24.7 Å². The third-order valence-corrected chi connectivity index (χ3v) is 11.0. The highest BCUT2D eigenvalue weighted by Crippen LogP contribution is 2.39. The lowest BCUT2D eigenvalue weighted by Crippen LogP contribution is -2.29. The third-order valence-electron chi connectivity index (χ3n) is 9.56. The first kappa shape index (κ1) is 43.1. The molecule has 2 amide bonds. The van der Waals surface area contributed by atoms with Crippen LogP contribution in [0.4, 0.5) is 17.2 Å². The molecule has 5 aromatic rings. The van der Waals surface area contributed by atoms with Gasteiger partial charge in [0.05, 0.1) is 57.3 Å². The van der Waals surface area contributed by atoms with Crippen molar-refractivity contribution >= 4 is 63.9 Å². The molecule has 0 saturated carbocycles. The average molecular weight is 842 g/mol. The molecule has 2 aromatic carbocycles. The molecular weight excluding hydrogens is 794 g/mol. The molecule has 59 heavy (non-hydrogen) atoms. The minimum absolute atomic E-state index is 0.0993. The van der Waals surface area contributed by atoms with Crippen LogP contribution < -0.4 is 21.3 Å². The third kappa shape index (κ3) is 11.2. The summed E-state index contributed by atoms with van der Waals surface area (Å²) >= 11 is 7.88. The van der Waals surface area contributed by atoms with Gasteiger partial charge in [-0.1, -0.05) is 23.7 Å². The number of halogens is 1. The maximum atomic E-state index is 13.2. The van der Waals surface area contributed by atoms with Crippen LogP contribution in [0, 0.1) is 20.8 Å². The summed E-state index contributed by atoms with van der Waals surface area (Å²) in [5.74, 6) is 1.51. The molecule has 1 unspecified atom stereocenters. The number of aldehydes is 1. The van der Waals surface area contributed by atoms with Gasteiger partial charge in [-0.2, -0.15) is 0 Å². The largest absolute Gasteiger partial charge is 0.388 e. The number of fused-ring (bicyclic) bond motifs is 3. The van der Waals surface area contributed by atoms with Crippen molar-refractivity contribution in [2.24, 2.45) is 4.99 Å². The number of aryl methyl sites for hydroxylation is 2. The first-order valence-electron chi connectivity index (χ1n) is 19.3. The molecule has 0 saturated heterocycles. The standard InChI is InChI=1S/C42H48ClN9O6S/c1-26-27(2)59-42-38(26)39(29-5-8-32(43)9-6-29)49-35(40-51-50-28(3)52(40)42)24-37(54)46-15-18-57-20-22-58-21-19-56-17-14-45-36-12-7-31(25-47-36)41(55)48-33-10-11-34(44-4)30(23-33)13-16-53/h5-12,16,23,25,35,44H,13-15,17-22,24H2,1-4H3,(H,45,47)(H,46,54)(H,48,55). The summed E-state index contributed by atoms with van der Waals surface area (Å²) < 4.78 is 18.9. The van der Waals surface area contributed by atoms with Crippen LogP contribution >= 0.6 is 22.9 Å². The van der Waals surface area contributed by atoms with Crippen LogP contribution in [0.15, 0.2) is 65.8 Å². The van der Waals surface area contributed by atoms with Gasteiger partial charge in [-0.25, -0.2) is 4.98 Å². The van der Waals surface area contributed by atoms with Gasteiger partial charge in [0.2, 0.25) is 5.91 Å². The number of nitrogens with one attached hydrogen (secondary N) is 4. The number of aromatic nitrogens is 4. The van der Waals surface area contributed by atoms with Crippen molar-refractivity contribution in [2.75, 3.05) is 75.7 Å². The highest BCUT2D eigenvalue weighted by Gasteiger charge is 2.32. The minimum Gasteiger partial charge on any atom is -0.388 e. The van der Waals surface area contributed by atoms with Crippen molar-refractivity contribution in [3.05, 3.63) is 110 Å². The first-order chi connectivity index (χ1) is 28.7. The Bertz CT molecular complexity index is 2260. The van der Waals surface area contributed by atoms with Gasteiger partial charge >= 0.3 is 0 Å². The van der Waals surface area contributed by atoms with Gasteiger partial charge < -0.3 is 40.3 Å². The van der Waals surface area contributed by atoms with Gasteiger partial charge in [0.1, 0.15) is 29.0 Å². The van der Waals surface area contributed by atoms with E-state index in [1.54, 1.807) is 42.6 Å². The zero-order valence-electron chi connectivity index (χ0n) is 33.5. The molecule has 1 aliphatic heterocycles. The Balaban J connectivity index is 0.845. The summed E-state index contributed by atoms with van der Waals surface area (Å²) in [5.41, 5.74) is 6.49. The molecule has 3 aromatic heterocycles. The molecule has 6 rings (SSSR count). The number of hydrogen-bond acceptors (Lipinski definition) is 13. The zero-order chi connectivity index (χ0) is 41.7. The van der Waals surface area contributed by atoms with Crippen LogP contribution in [0.5, 0.6) is 0 Å². The normalized spacial score (nSPS) is 13.2. The van der Waals surface area contributed by atoms with Crippen molar-refractivity contribution in [1.29, 1.82) is 0 Å². The summed E-state index contributed by atoms with van der Waals surface area (Å²) in [7, 11) is 1.78. The van der Waals surface area contributed by atoms with Crippen molar-refractivity contribution in [3.63, 3.8) is 0 Å². The van der Waals surface area contributed by atoms with E-state index in [0.717, 1.165) is 50.8 Å². The summed E-state index contributed by atoms with van der Waals surface area (Å²) in [5, 5.41) is 22.5. The van der Waals surface area contributed by atoms with Crippen molar-refractivity contribution in [2.45, 2.75) is 39.7 Å². The number of thiophene rings is 1. The lowest BCUT2D eigenvalue weighted by molar-refractivity contribution is -0.121. The predicted octanol–water partition coefficient (Wildman–Crippen LogP) is 5.90. The molecule has 4 N–H and O–H groups in total. The van der Waals surface area contributed by atoms with Crippen molar-refractivity contribution in [1.82, 2.24) is 25.1 Å². The minimum atomic E-state index is -0.545. The molecule has 1 aliphatic rings. The molecule has 0 spiro atoms. The molecule has 17 heteroatoms. The highest BCUT2D eigenvalue weighted by molar-refractivity contribution is 7.15. The van der Waals surface area contributed by atoms with Gasteiger partial charge in [-0.05, 0) is 74.4 Å². The van der Waals surface area contributed by atoms with E-state index in [9.17, 15) is 14.4 Å². The van der Waals surface area contributed by atoms with E-state index in [1.165, 1.54) is 11.1 Å². The van der Waals surface area contributed by atoms with Gasteiger partial charge in [0, 0.05) is 65.2 Å². The first-order valence-corrected chi connectivity index (χ1v) is 20.5. The number of rotatable bonds is 21. The molecular formula is C42H48ClN9O6S. The van der Waals surface area contributed by atoms with Crippen LogP contribution in [-0.4, -0.2) is 103 Å². The van der Waals surface area contributed by atoms with Crippen LogP contribution in [0.3, 0.4) is 0 Å². The van der Waals surface area contributed by atoms with E-state index in [4.69, 9.17) is 30.8 Å². The van der Waals surface area contributed by atoms with Crippen LogP contribution in [0.25, 0.3) is 5.00 Å². The van der Waals surface area contributed by atoms with Gasteiger partial charge in [-0.15, -0.1) is 21.5 Å². The summed E-state index contributed by atoms with van der Waals surface area (Å²) in [6.45, 7) is 9.33. The summed E-state index contributed by atoms with van der Waals surface area (Å²) in [6.07, 6.45) is 2.67. The lowest BCUT2D eigenvalue weighted by atomic mass is 9.99. The van der Waals surface area contributed by atoms with Crippen molar-refractivity contribution in [3.8, 4) is 5.00 Å². The Kier molecular flexibility index (Phi) is 15.3. The highest BCUT2D eigenvalue weighted by atomic mass is 35.5. The second-order valence-corrected chi connectivity index (χ2v) is 15.2. The molecule has 15 nitrogen and oxygen atoms in total. The topological polar surface area (TPSA) is 183 Å². The van der Waals surface area contributed by atoms with E-state index in [0.29, 0.717) is 80.6 Å². The van der Waals surface area contributed by atoms with E-state index in [1.807, 2.05) is 41.8 Å². The quantitative estimate of drug-likeness (QED) is 0.0510. The Morgan fingerprint density at radius 3 is 2.34 bits per heavy atom. The number of pyridine rings is 1. The molecule has 0 radical (unpaired) electrons. The number of ether oxygens (including phenoxy) is 3. The molecule has 0 aliphatic carbocycles.